The number of aryl methyl sites for hydroxylation is 1. The van der Waals surface area contributed by atoms with E-state index >= 15 is 0 Å². The molecule has 0 spiro atoms. The van der Waals surface area contributed by atoms with Crippen molar-refractivity contribution in [2.75, 3.05) is 50.8 Å². The summed E-state index contributed by atoms with van der Waals surface area (Å²) >= 11 is 1.62. The zero-order chi connectivity index (χ0) is 27.7. The zero-order valence-electron chi connectivity index (χ0n) is 21.4. The number of aromatic nitrogens is 1. The number of aliphatic hydroxyl groups excluding tert-OH is 1. The smallest absolute Gasteiger partial charge is 0.416 e. The molecule has 12 heteroatoms. The number of carbonyl (C=O) groups excluding carboxylic acids is 2. The van der Waals surface area contributed by atoms with Crippen molar-refractivity contribution in [3.8, 4) is 5.75 Å². The van der Waals surface area contributed by atoms with Crippen LogP contribution in [0.3, 0.4) is 0 Å². The van der Waals surface area contributed by atoms with Gasteiger partial charge in [0.25, 0.3) is 0 Å². The van der Waals surface area contributed by atoms with Gasteiger partial charge in [-0.25, -0.2) is 4.98 Å². The highest BCUT2D eigenvalue weighted by Crippen LogP contribution is 2.34. The summed E-state index contributed by atoms with van der Waals surface area (Å²) < 4.78 is 46.1. The van der Waals surface area contributed by atoms with Gasteiger partial charge in [-0.3, -0.25) is 24.3 Å². The second-order valence-electron chi connectivity index (χ2n) is 9.94. The Labute approximate surface area is 227 Å². The fourth-order valence-corrected chi connectivity index (χ4v) is 5.86. The molecule has 2 aliphatic heterocycles. The molecule has 2 fully saturated rings. The van der Waals surface area contributed by atoms with Crippen LogP contribution in [0.25, 0.3) is 10.2 Å². The number of thiazole rings is 1. The molecule has 5 rings (SSSR count). The number of halogens is 3. The number of aliphatic hydroxyl groups is 1. The molecular weight excluding hydrogens is 533 g/mol. The van der Waals surface area contributed by atoms with Crippen LogP contribution in [-0.2, 0) is 15.8 Å². The number of anilines is 1. The molecule has 208 valence electrons. The van der Waals surface area contributed by atoms with E-state index in [1.807, 2.05) is 25.1 Å². The summed E-state index contributed by atoms with van der Waals surface area (Å²) in [6.07, 6.45) is -5.27. The van der Waals surface area contributed by atoms with E-state index in [2.05, 4.69) is 14.8 Å². The number of hydrogen-bond donors (Lipinski definition) is 1. The Balaban J connectivity index is 1.08. The van der Waals surface area contributed by atoms with Crippen LogP contribution in [0, 0.1) is 12.8 Å². The Bertz CT molecular complexity index is 1360. The number of amides is 2. The molecule has 0 aliphatic carbocycles. The van der Waals surface area contributed by atoms with Crippen LogP contribution in [0.4, 0.5) is 18.9 Å². The Kier molecular flexibility index (Phi) is 7.90. The number of fused-ring (bicyclic) bond motifs is 1. The lowest BCUT2D eigenvalue weighted by Crippen LogP contribution is -2.50. The number of nitrogens with zero attached hydrogens (tertiary/aromatic N) is 4. The van der Waals surface area contributed by atoms with Gasteiger partial charge in [0.2, 0.25) is 11.8 Å². The molecular formula is C27H29F3N4O4S. The van der Waals surface area contributed by atoms with Gasteiger partial charge in [0, 0.05) is 51.8 Å². The lowest BCUT2D eigenvalue weighted by molar-refractivity contribution is -0.137. The minimum atomic E-state index is -4.56. The van der Waals surface area contributed by atoms with Crippen molar-refractivity contribution in [2.24, 2.45) is 5.92 Å². The molecule has 1 aromatic heterocycles. The molecule has 0 bridgehead atoms. The van der Waals surface area contributed by atoms with Gasteiger partial charge < -0.3 is 9.84 Å². The van der Waals surface area contributed by atoms with Gasteiger partial charge in [0.15, 0.2) is 0 Å². The Morgan fingerprint density at radius 2 is 1.85 bits per heavy atom. The monoisotopic (exact) mass is 562 g/mol. The highest BCUT2D eigenvalue weighted by Gasteiger charge is 2.41. The van der Waals surface area contributed by atoms with Gasteiger partial charge in [-0.1, -0.05) is 6.07 Å². The average molecular weight is 563 g/mol. The van der Waals surface area contributed by atoms with Crippen molar-refractivity contribution in [1.82, 2.24) is 14.8 Å². The van der Waals surface area contributed by atoms with Gasteiger partial charge in [-0.15, -0.1) is 11.3 Å². The summed E-state index contributed by atoms with van der Waals surface area (Å²) in [7, 11) is 0. The third-order valence-corrected chi connectivity index (χ3v) is 7.94. The van der Waals surface area contributed by atoms with Crippen LogP contribution in [-0.4, -0.2) is 83.7 Å². The summed E-state index contributed by atoms with van der Waals surface area (Å²) in [5.41, 5.74) is -0.0747. The number of imide groups is 1. The summed E-state index contributed by atoms with van der Waals surface area (Å²) in [6, 6.07) is 10.00. The van der Waals surface area contributed by atoms with Gasteiger partial charge in [0.1, 0.15) is 18.5 Å². The topological polar surface area (TPSA) is 86.2 Å². The van der Waals surface area contributed by atoms with Gasteiger partial charge in [-0.05, 0) is 37.3 Å². The second kappa shape index (κ2) is 11.2. The molecule has 0 saturated carbocycles. The largest absolute Gasteiger partial charge is 0.491 e. The standard InChI is InChI=1S/C27H29F3N4O4S/c1-17-31-23-13-22(5-6-24(23)39-17)38-16-21(35)15-33-9-7-32(8-10-33)14-18-11-25(36)34(26(18)37)20-4-2-3-19(12-20)27(28,29)30/h2-6,12-13,18,21,35H,7-11,14-16H2,1H3/t18?,21-/m1/s1. The van der Waals surface area contributed by atoms with E-state index in [0.29, 0.717) is 45.0 Å². The first-order chi connectivity index (χ1) is 18.6. The van der Waals surface area contributed by atoms with E-state index in [1.165, 1.54) is 12.1 Å². The third kappa shape index (κ3) is 6.40. The molecule has 2 aromatic carbocycles. The van der Waals surface area contributed by atoms with Crippen LogP contribution < -0.4 is 9.64 Å². The van der Waals surface area contributed by atoms with Crippen LogP contribution in [0.2, 0.25) is 0 Å². The second-order valence-corrected chi connectivity index (χ2v) is 11.2. The number of hydrogen-bond acceptors (Lipinski definition) is 8. The quantitative estimate of drug-likeness (QED) is 0.420. The number of benzene rings is 2. The van der Waals surface area contributed by atoms with E-state index in [9.17, 15) is 27.9 Å². The Hall–Kier alpha value is -3.06. The molecule has 1 N–H and O–H groups in total. The maximum Gasteiger partial charge on any atom is 0.416 e. The number of β-amino-alcohol motifs (C(OH)–C–C–N with tert-alkyl or cyclic N) is 1. The molecule has 1 unspecified atom stereocenters. The van der Waals surface area contributed by atoms with Crippen molar-refractivity contribution >= 4 is 39.1 Å². The lowest BCUT2D eigenvalue weighted by atomic mass is 10.1. The molecule has 2 amide bonds. The van der Waals surface area contributed by atoms with Gasteiger partial charge in [0.05, 0.1) is 32.4 Å². The summed E-state index contributed by atoms with van der Waals surface area (Å²) in [5, 5.41) is 11.5. The fourth-order valence-electron chi connectivity index (χ4n) is 5.05. The molecule has 8 nitrogen and oxygen atoms in total. The van der Waals surface area contributed by atoms with E-state index in [-0.39, 0.29) is 18.7 Å². The molecule has 3 aromatic rings. The Morgan fingerprint density at radius 3 is 2.59 bits per heavy atom. The number of alkyl halides is 3. The summed E-state index contributed by atoms with van der Waals surface area (Å²) in [5.74, 6) is -0.904. The summed E-state index contributed by atoms with van der Waals surface area (Å²) in [4.78, 5) is 35.0. The van der Waals surface area contributed by atoms with Crippen LogP contribution in [0.1, 0.15) is 17.0 Å². The molecule has 3 heterocycles. The normalized spacial score (nSPS) is 20.2. The van der Waals surface area contributed by atoms with Crippen molar-refractivity contribution < 1.29 is 32.6 Å². The first-order valence-corrected chi connectivity index (χ1v) is 13.6. The number of ether oxygens (including phenoxy) is 1. The highest BCUT2D eigenvalue weighted by atomic mass is 32.1. The third-order valence-electron chi connectivity index (χ3n) is 6.99. The van der Waals surface area contributed by atoms with Gasteiger partial charge in [-0.2, -0.15) is 13.2 Å². The minimum Gasteiger partial charge on any atom is -0.491 e. The molecule has 39 heavy (non-hydrogen) atoms. The van der Waals surface area contributed by atoms with Crippen molar-refractivity contribution in [3.05, 3.63) is 53.0 Å². The molecule has 2 atom stereocenters. The first-order valence-electron chi connectivity index (χ1n) is 12.7. The average Bonchev–Trinajstić information content (AvgIpc) is 3.40. The van der Waals surface area contributed by atoms with Crippen LogP contribution >= 0.6 is 11.3 Å². The maximum atomic E-state index is 13.1. The molecule has 0 radical (unpaired) electrons. The molecule has 2 aliphatic rings. The minimum absolute atomic E-state index is 0.0302. The number of rotatable bonds is 8. The van der Waals surface area contributed by atoms with E-state index in [0.717, 1.165) is 32.3 Å². The molecule has 2 saturated heterocycles. The zero-order valence-corrected chi connectivity index (χ0v) is 22.2. The Morgan fingerprint density at radius 1 is 1.10 bits per heavy atom. The lowest BCUT2D eigenvalue weighted by Gasteiger charge is -2.36. The summed E-state index contributed by atoms with van der Waals surface area (Å²) in [6.45, 7) is 5.55. The van der Waals surface area contributed by atoms with Crippen molar-refractivity contribution in [1.29, 1.82) is 0 Å². The van der Waals surface area contributed by atoms with E-state index in [1.54, 1.807) is 11.3 Å². The number of piperazine rings is 1. The van der Waals surface area contributed by atoms with Crippen molar-refractivity contribution in [2.45, 2.75) is 25.6 Å². The fraction of sp³-hybridized carbons (Fsp3) is 0.444. The van der Waals surface area contributed by atoms with Crippen molar-refractivity contribution in [3.63, 3.8) is 0 Å². The first kappa shape index (κ1) is 27.5. The predicted molar refractivity (Wildman–Crippen MR) is 141 cm³/mol. The van der Waals surface area contributed by atoms with E-state index in [4.69, 9.17) is 4.74 Å². The number of carbonyl (C=O) groups is 2. The van der Waals surface area contributed by atoms with Crippen LogP contribution in [0.5, 0.6) is 5.75 Å². The highest BCUT2D eigenvalue weighted by molar-refractivity contribution is 7.18. The maximum absolute atomic E-state index is 13.1. The van der Waals surface area contributed by atoms with Gasteiger partial charge >= 0.3 is 6.18 Å². The predicted octanol–water partition coefficient (Wildman–Crippen LogP) is 3.56. The SMILES string of the molecule is Cc1nc2cc(OC[C@H](O)CN3CCN(CC4CC(=O)N(c5cccc(C(F)(F)F)c5)C4=O)CC3)ccc2s1. The van der Waals surface area contributed by atoms with Crippen LogP contribution in [0.15, 0.2) is 42.5 Å². The van der Waals surface area contributed by atoms with E-state index < -0.39 is 35.6 Å².